The zero-order chi connectivity index (χ0) is 28.6. The molecule has 40 heavy (non-hydrogen) atoms. The summed E-state index contributed by atoms with van der Waals surface area (Å²) in [5.41, 5.74) is 2.93. The van der Waals surface area contributed by atoms with Crippen LogP contribution in [0.15, 0.2) is 78.9 Å². The van der Waals surface area contributed by atoms with Crippen molar-refractivity contribution in [3.63, 3.8) is 0 Å². The second kappa shape index (κ2) is 17.2. The van der Waals surface area contributed by atoms with Crippen molar-refractivity contribution in [2.45, 2.75) is 38.2 Å². The fourth-order valence-electron chi connectivity index (χ4n) is 3.96. The summed E-state index contributed by atoms with van der Waals surface area (Å²) in [6.07, 6.45) is 0.221. The molecule has 0 saturated heterocycles. The summed E-state index contributed by atoms with van der Waals surface area (Å²) in [5, 5.41) is 12.2. The third-order valence-corrected chi connectivity index (χ3v) is 7.20. The van der Waals surface area contributed by atoms with Crippen molar-refractivity contribution in [1.82, 2.24) is 10.2 Å². The van der Waals surface area contributed by atoms with Crippen LogP contribution < -0.4 is 10.1 Å². The number of carbonyl (C=O) groups is 2. The molecule has 0 aromatic heterocycles. The van der Waals surface area contributed by atoms with Crippen LogP contribution in [-0.2, 0) is 28.2 Å². The van der Waals surface area contributed by atoms with Crippen molar-refractivity contribution in [3.05, 3.63) is 101 Å². The first-order valence-electron chi connectivity index (χ1n) is 13.4. The monoisotopic (exact) mass is 568 g/mol. The lowest BCUT2D eigenvalue weighted by molar-refractivity contribution is -0.149. The molecule has 3 rings (SSSR count). The van der Waals surface area contributed by atoms with Crippen molar-refractivity contribution in [1.29, 1.82) is 0 Å². The lowest BCUT2D eigenvalue weighted by atomic mass is 10.1. The van der Waals surface area contributed by atoms with Gasteiger partial charge in [0.25, 0.3) is 0 Å². The maximum Gasteiger partial charge on any atom is 0.333 e. The minimum atomic E-state index is -0.988. The molecule has 0 aliphatic heterocycles. The number of carbonyl (C=O) groups excluding carboxylic acids is 1. The van der Waals surface area contributed by atoms with Gasteiger partial charge in [-0.05, 0) is 60.1 Å². The van der Waals surface area contributed by atoms with Crippen molar-refractivity contribution in [2.24, 2.45) is 0 Å². The molecule has 0 saturated carbocycles. The molecule has 0 fully saturated rings. The molecule has 2 N–H and O–H groups in total. The van der Waals surface area contributed by atoms with E-state index in [0.717, 1.165) is 29.1 Å². The van der Waals surface area contributed by atoms with E-state index in [0.29, 0.717) is 38.6 Å². The number of rotatable bonds is 17. The molecule has 3 aromatic carbocycles. The van der Waals surface area contributed by atoms with Gasteiger partial charge in [-0.25, -0.2) is 14.0 Å². The molecule has 3 aromatic rings. The Morgan fingerprint density at radius 3 is 2.33 bits per heavy atom. The van der Waals surface area contributed by atoms with Gasteiger partial charge in [0.05, 0.1) is 6.54 Å². The predicted molar refractivity (Wildman–Crippen MR) is 156 cm³/mol. The minimum absolute atomic E-state index is 0.202. The molecule has 0 radical (unpaired) electrons. The smallest absolute Gasteiger partial charge is 0.333 e. The van der Waals surface area contributed by atoms with Crippen LogP contribution in [0.1, 0.15) is 30.0 Å². The Kier molecular flexibility index (Phi) is 13.3. The summed E-state index contributed by atoms with van der Waals surface area (Å²) < 4.78 is 24.4. The zero-order valence-corrected chi connectivity index (χ0v) is 23.6. The first-order chi connectivity index (χ1) is 19.4. The van der Waals surface area contributed by atoms with Gasteiger partial charge in [-0.1, -0.05) is 54.6 Å². The number of aliphatic carboxylic acids is 1. The number of thioether (sulfide) groups is 1. The number of nitrogens with one attached hydrogen (secondary N) is 1. The normalized spacial score (nSPS) is 11.6. The van der Waals surface area contributed by atoms with Gasteiger partial charge >= 0.3 is 12.0 Å². The highest BCUT2D eigenvalue weighted by Crippen LogP contribution is 2.16. The van der Waals surface area contributed by atoms with Crippen LogP contribution >= 0.6 is 11.8 Å². The number of carboxylic acids is 1. The molecular weight excluding hydrogens is 531 g/mol. The standard InChI is InChI=1S/C31H37FN2O5S/c1-2-38-29(30(35)36)21-24-11-15-28(16-12-24)39-19-18-34(17-6-20-40-23-26-7-4-3-5-8-26)31(37)33-22-25-9-13-27(32)14-10-25/h3-5,7-16,29H,2,6,17-23H2,1H3,(H,33,37)(H,35,36). The van der Waals surface area contributed by atoms with E-state index in [-0.39, 0.29) is 18.3 Å². The Hall–Kier alpha value is -3.56. The Balaban J connectivity index is 1.49. The van der Waals surface area contributed by atoms with Gasteiger partial charge in [0.2, 0.25) is 0 Å². The first-order valence-corrected chi connectivity index (χ1v) is 14.5. The van der Waals surface area contributed by atoms with E-state index < -0.39 is 12.1 Å². The van der Waals surface area contributed by atoms with Gasteiger partial charge in [0.15, 0.2) is 6.10 Å². The lowest BCUT2D eigenvalue weighted by Gasteiger charge is -2.23. The summed E-state index contributed by atoms with van der Waals surface area (Å²) in [5.74, 6) is 1.17. The van der Waals surface area contributed by atoms with Crippen LogP contribution in [0.25, 0.3) is 0 Å². The quantitative estimate of drug-likeness (QED) is 0.201. The number of ether oxygens (including phenoxy) is 2. The highest BCUT2D eigenvalue weighted by Gasteiger charge is 2.18. The Labute approximate surface area is 239 Å². The van der Waals surface area contributed by atoms with Gasteiger partial charge in [-0.3, -0.25) is 0 Å². The molecule has 214 valence electrons. The van der Waals surface area contributed by atoms with Crippen LogP contribution in [0.4, 0.5) is 9.18 Å². The first kappa shape index (κ1) is 31.0. The van der Waals surface area contributed by atoms with E-state index in [4.69, 9.17) is 9.47 Å². The average molecular weight is 569 g/mol. The number of hydrogen-bond acceptors (Lipinski definition) is 5. The van der Waals surface area contributed by atoms with Gasteiger partial charge in [0, 0.05) is 31.9 Å². The number of hydrogen-bond donors (Lipinski definition) is 2. The zero-order valence-electron chi connectivity index (χ0n) is 22.8. The average Bonchev–Trinajstić information content (AvgIpc) is 2.96. The molecule has 1 atom stereocenters. The summed E-state index contributed by atoms with van der Waals surface area (Å²) in [7, 11) is 0. The SMILES string of the molecule is CCOC(Cc1ccc(OCCN(CCCSCc2ccccc2)C(=O)NCc2ccc(F)cc2)cc1)C(=O)O. The predicted octanol–water partition coefficient (Wildman–Crippen LogP) is 5.77. The highest BCUT2D eigenvalue weighted by atomic mass is 32.2. The topological polar surface area (TPSA) is 88.1 Å². The molecule has 1 unspecified atom stereocenters. The van der Waals surface area contributed by atoms with Crippen molar-refractivity contribution < 1.29 is 28.6 Å². The third kappa shape index (κ3) is 11.3. The molecule has 7 nitrogen and oxygen atoms in total. The summed E-state index contributed by atoms with van der Waals surface area (Å²) in [6, 6.07) is 23.4. The molecular formula is C31H37FN2O5S. The number of urea groups is 1. The van der Waals surface area contributed by atoms with E-state index in [9.17, 15) is 19.1 Å². The number of carboxylic acid groups (broad SMARTS) is 1. The minimum Gasteiger partial charge on any atom is -0.492 e. The van der Waals surface area contributed by atoms with Crippen LogP contribution in [-0.4, -0.2) is 60.2 Å². The fraction of sp³-hybridized carbons (Fsp3) is 0.355. The van der Waals surface area contributed by atoms with Crippen LogP contribution in [0.5, 0.6) is 5.75 Å². The maximum absolute atomic E-state index is 13.2. The summed E-state index contributed by atoms with van der Waals surface area (Å²) in [4.78, 5) is 26.1. The van der Waals surface area contributed by atoms with Gasteiger partial charge in [-0.2, -0.15) is 11.8 Å². The fourth-order valence-corrected chi connectivity index (χ4v) is 4.86. The second-order valence-corrected chi connectivity index (χ2v) is 10.2. The summed E-state index contributed by atoms with van der Waals surface area (Å²) in [6.45, 7) is 3.68. The van der Waals surface area contributed by atoms with E-state index in [2.05, 4.69) is 17.4 Å². The molecule has 9 heteroatoms. The second-order valence-electron chi connectivity index (χ2n) is 9.14. The largest absolute Gasteiger partial charge is 0.492 e. The van der Waals surface area contributed by atoms with Gasteiger partial charge < -0.3 is 24.8 Å². The third-order valence-electron chi connectivity index (χ3n) is 6.09. The van der Waals surface area contributed by atoms with Crippen LogP contribution in [0.2, 0.25) is 0 Å². The molecule has 0 bridgehead atoms. The molecule has 0 spiro atoms. The number of amides is 2. The van der Waals surface area contributed by atoms with Crippen LogP contribution in [0.3, 0.4) is 0 Å². The Morgan fingerprint density at radius 2 is 1.65 bits per heavy atom. The molecule has 0 aliphatic rings. The van der Waals surface area contributed by atoms with E-state index in [1.807, 2.05) is 42.1 Å². The molecule has 2 amide bonds. The maximum atomic E-state index is 13.2. The van der Waals surface area contributed by atoms with E-state index in [1.165, 1.54) is 17.7 Å². The Bertz CT molecular complexity index is 1160. The molecule has 0 aliphatic carbocycles. The Morgan fingerprint density at radius 1 is 0.950 bits per heavy atom. The highest BCUT2D eigenvalue weighted by molar-refractivity contribution is 7.98. The van der Waals surface area contributed by atoms with Gasteiger partial charge in [0.1, 0.15) is 18.2 Å². The van der Waals surface area contributed by atoms with Gasteiger partial charge in [-0.15, -0.1) is 0 Å². The van der Waals surface area contributed by atoms with Crippen molar-refractivity contribution in [3.8, 4) is 5.75 Å². The number of nitrogens with zero attached hydrogens (tertiary/aromatic N) is 1. The van der Waals surface area contributed by atoms with E-state index in [1.54, 1.807) is 36.1 Å². The van der Waals surface area contributed by atoms with Crippen LogP contribution in [0, 0.1) is 5.82 Å². The summed E-state index contributed by atoms with van der Waals surface area (Å²) >= 11 is 1.83. The van der Waals surface area contributed by atoms with E-state index >= 15 is 0 Å². The molecule has 0 heterocycles. The van der Waals surface area contributed by atoms with Crippen molar-refractivity contribution in [2.75, 3.05) is 32.1 Å². The number of halogens is 1. The van der Waals surface area contributed by atoms with Crippen molar-refractivity contribution >= 4 is 23.8 Å². The lowest BCUT2D eigenvalue weighted by Crippen LogP contribution is -2.42. The number of benzene rings is 3.